The molecule has 0 aliphatic heterocycles. The Morgan fingerprint density at radius 2 is 2.09 bits per heavy atom. The van der Waals surface area contributed by atoms with Crippen molar-refractivity contribution in [1.29, 1.82) is 0 Å². The summed E-state index contributed by atoms with van der Waals surface area (Å²) < 4.78 is 18.9. The minimum absolute atomic E-state index is 0.159. The van der Waals surface area contributed by atoms with Gasteiger partial charge in [0.05, 0.1) is 5.54 Å². The number of nitrogens with zero attached hydrogens (tertiary/aromatic N) is 2. The highest BCUT2D eigenvalue weighted by molar-refractivity contribution is 7.80. The van der Waals surface area contributed by atoms with E-state index in [0.29, 0.717) is 17.1 Å². The number of halogens is 1. The van der Waals surface area contributed by atoms with Crippen molar-refractivity contribution in [3.63, 3.8) is 0 Å². The van der Waals surface area contributed by atoms with Gasteiger partial charge in [-0.1, -0.05) is 12.1 Å². The molecule has 0 amide bonds. The van der Waals surface area contributed by atoms with Crippen LogP contribution in [0, 0.1) is 5.82 Å². The Bertz CT molecular complexity index is 678. The van der Waals surface area contributed by atoms with Crippen molar-refractivity contribution in [3.8, 4) is 5.88 Å². The summed E-state index contributed by atoms with van der Waals surface area (Å²) >= 11 is 4.88. The molecule has 2 rings (SSSR count). The fourth-order valence-corrected chi connectivity index (χ4v) is 2.26. The molecule has 1 heterocycles. The largest absolute Gasteiger partial charge is 0.471 e. The van der Waals surface area contributed by atoms with Gasteiger partial charge in [-0.3, -0.25) is 4.98 Å². The fourth-order valence-electron chi connectivity index (χ4n) is 2.01. The number of nitrogens with one attached hydrogen (secondary N) is 1. The minimum atomic E-state index is -0.642. The zero-order chi connectivity index (χ0) is 16.2. The third-order valence-electron chi connectivity index (χ3n) is 2.96. The molecule has 3 N–H and O–H groups in total. The van der Waals surface area contributed by atoms with Gasteiger partial charge in [-0.25, -0.2) is 9.37 Å². The predicted octanol–water partition coefficient (Wildman–Crippen LogP) is 2.26. The lowest BCUT2D eigenvalue weighted by Crippen LogP contribution is -2.44. The molecule has 0 aliphatic rings. The Balaban J connectivity index is 2.20. The number of hydrogen-bond acceptors (Lipinski definition) is 4. The third kappa shape index (κ3) is 4.11. The van der Waals surface area contributed by atoms with Crippen LogP contribution in [0.4, 0.5) is 4.39 Å². The van der Waals surface area contributed by atoms with Gasteiger partial charge in [-0.2, -0.15) is 0 Å². The first kappa shape index (κ1) is 16.1. The molecule has 1 aromatic heterocycles. The Morgan fingerprint density at radius 1 is 1.36 bits per heavy atom. The standard InChI is InChI=1S/C15H17FN4OS/c1-15(2,20-14(17)22)12-13(19-7-6-18-12)21-9-10-4-3-5-11(16)8-10/h3-8H,9H2,1-2H3,(H3,17,20,22). The van der Waals surface area contributed by atoms with Crippen LogP contribution in [-0.2, 0) is 12.1 Å². The van der Waals surface area contributed by atoms with Gasteiger partial charge < -0.3 is 15.8 Å². The highest BCUT2D eigenvalue weighted by Gasteiger charge is 2.27. The van der Waals surface area contributed by atoms with Gasteiger partial charge in [-0.05, 0) is 43.8 Å². The highest BCUT2D eigenvalue weighted by Crippen LogP contribution is 2.26. The molecule has 22 heavy (non-hydrogen) atoms. The monoisotopic (exact) mass is 320 g/mol. The van der Waals surface area contributed by atoms with E-state index in [1.54, 1.807) is 18.3 Å². The summed E-state index contributed by atoms with van der Waals surface area (Å²) in [6.45, 7) is 3.92. The zero-order valence-electron chi connectivity index (χ0n) is 12.3. The summed E-state index contributed by atoms with van der Waals surface area (Å²) in [5.74, 6) is 0.0384. The van der Waals surface area contributed by atoms with Crippen LogP contribution in [-0.4, -0.2) is 15.1 Å². The number of nitrogens with two attached hydrogens (primary N) is 1. The van der Waals surface area contributed by atoms with Crippen LogP contribution < -0.4 is 15.8 Å². The van der Waals surface area contributed by atoms with Gasteiger partial charge in [0.1, 0.15) is 18.1 Å². The van der Waals surface area contributed by atoms with Gasteiger partial charge in [0, 0.05) is 12.4 Å². The lowest BCUT2D eigenvalue weighted by Gasteiger charge is -2.26. The maximum absolute atomic E-state index is 13.2. The average Bonchev–Trinajstić information content (AvgIpc) is 2.44. The maximum atomic E-state index is 13.2. The van der Waals surface area contributed by atoms with Gasteiger partial charge >= 0.3 is 0 Å². The number of aromatic nitrogens is 2. The summed E-state index contributed by atoms with van der Waals surface area (Å²) in [4.78, 5) is 8.48. The van der Waals surface area contributed by atoms with Crippen molar-refractivity contribution in [2.24, 2.45) is 5.73 Å². The van der Waals surface area contributed by atoms with E-state index in [1.807, 2.05) is 13.8 Å². The summed E-state index contributed by atoms with van der Waals surface area (Å²) in [6.07, 6.45) is 3.09. The quantitative estimate of drug-likeness (QED) is 0.823. The van der Waals surface area contributed by atoms with Crippen molar-refractivity contribution in [1.82, 2.24) is 15.3 Å². The molecule has 0 spiro atoms. The lowest BCUT2D eigenvalue weighted by molar-refractivity contribution is 0.277. The molecular formula is C15H17FN4OS. The van der Waals surface area contributed by atoms with Gasteiger partial charge in [0.25, 0.3) is 0 Å². The number of hydrogen-bond donors (Lipinski definition) is 2. The molecule has 5 nitrogen and oxygen atoms in total. The van der Waals surface area contributed by atoms with Crippen LogP contribution in [0.1, 0.15) is 25.1 Å². The maximum Gasteiger partial charge on any atom is 0.238 e. The molecule has 0 bridgehead atoms. The minimum Gasteiger partial charge on any atom is -0.471 e. The summed E-state index contributed by atoms with van der Waals surface area (Å²) in [5.41, 5.74) is 6.17. The van der Waals surface area contributed by atoms with Crippen LogP contribution >= 0.6 is 12.2 Å². The SMILES string of the molecule is CC(C)(NC(N)=S)c1nccnc1OCc1cccc(F)c1. The van der Waals surface area contributed by atoms with E-state index in [9.17, 15) is 4.39 Å². The zero-order valence-corrected chi connectivity index (χ0v) is 13.2. The predicted molar refractivity (Wildman–Crippen MR) is 85.7 cm³/mol. The molecule has 0 fully saturated rings. The van der Waals surface area contributed by atoms with Crippen molar-refractivity contribution < 1.29 is 9.13 Å². The van der Waals surface area contributed by atoms with E-state index in [4.69, 9.17) is 22.7 Å². The Morgan fingerprint density at radius 3 is 2.77 bits per heavy atom. The van der Waals surface area contributed by atoms with Crippen molar-refractivity contribution >= 4 is 17.3 Å². The van der Waals surface area contributed by atoms with Gasteiger partial charge in [0.2, 0.25) is 5.88 Å². The number of benzene rings is 1. The normalized spacial score (nSPS) is 11.0. The lowest BCUT2D eigenvalue weighted by atomic mass is 10.0. The molecule has 0 atom stereocenters. The van der Waals surface area contributed by atoms with E-state index in [0.717, 1.165) is 0 Å². The molecule has 116 valence electrons. The van der Waals surface area contributed by atoms with Crippen molar-refractivity contribution in [3.05, 3.63) is 53.7 Å². The van der Waals surface area contributed by atoms with Crippen LogP contribution in [0.3, 0.4) is 0 Å². The van der Waals surface area contributed by atoms with E-state index < -0.39 is 5.54 Å². The van der Waals surface area contributed by atoms with Gasteiger partial charge in [-0.15, -0.1) is 0 Å². The first-order valence-corrected chi connectivity index (χ1v) is 7.05. The Kier molecular flexibility index (Phi) is 4.87. The van der Waals surface area contributed by atoms with E-state index in [2.05, 4.69) is 15.3 Å². The first-order chi connectivity index (χ1) is 10.4. The van der Waals surface area contributed by atoms with Gasteiger partial charge in [0.15, 0.2) is 5.11 Å². The molecule has 0 saturated heterocycles. The summed E-state index contributed by atoms with van der Waals surface area (Å²) in [7, 11) is 0. The first-order valence-electron chi connectivity index (χ1n) is 6.65. The Hall–Kier alpha value is -2.28. The van der Waals surface area contributed by atoms with Crippen LogP contribution in [0.5, 0.6) is 5.88 Å². The smallest absolute Gasteiger partial charge is 0.238 e. The Labute approximate surface area is 133 Å². The van der Waals surface area contributed by atoms with Crippen molar-refractivity contribution in [2.45, 2.75) is 26.0 Å². The molecular weight excluding hydrogens is 303 g/mol. The number of rotatable bonds is 5. The van der Waals surface area contributed by atoms with Crippen LogP contribution in [0.2, 0.25) is 0 Å². The second-order valence-electron chi connectivity index (χ2n) is 5.24. The molecule has 0 unspecified atom stereocenters. The highest BCUT2D eigenvalue weighted by atomic mass is 32.1. The van der Waals surface area contributed by atoms with E-state index in [1.165, 1.54) is 18.3 Å². The number of ether oxygens (including phenoxy) is 1. The summed E-state index contributed by atoms with van der Waals surface area (Å²) in [5, 5.41) is 3.11. The molecule has 0 aliphatic carbocycles. The van der Waals surface area contributed by atoms with Crippen molar-refractivity contribution in [2.75, 3.05) is 0 Å². The van der Waals surface area contributed by atoms with E-state index >= 15 is 0 Å². The summed E-state index contributed by atoms with van der Waals surface area (Å²) in [6, 6.07) is 6.20. The number of thiocarbonyl (C=S) groups is 1. The molecule has 0 saturated carbocycles. The molecule has 7 heteroatoms. The van der Waals surface area contributed by atoms with Crippen LogP contribution in [0.15, 0.2) is 36.7 Å². The molecule has 1 aromatic carbocycles. The average molecular weight is 320 g/mol. The topological polar surface area (TPSA) is 73.1 Å². The van der Waals surface area contributed by atoms with E-state index in [-0.39, 0.29) is 17.5 Å². The second-order valence-corrected chi connectivity index (χ2v) is 5.68. The fraction of sp³-hybridized carbons (Fsp3) is 0.267. The molecule has 0 radical (unpaired) electrons. The van der Waals surface area contributed by atoms with Crippen LogP contribution in [0.25, 0.3) is 0 Å². The molecule has 2 aromatic rings. The third-order valence-corrected chi connectivity index (χ3v) is 3.06. The second kappa shape index (κ2) is 6.65.